The smallest absolute Gasteiger partial charge is 0.193 e. The Balaban J connectivity index is 1.90. The predicted octanol–water partition coefficient (Wildman–Crippen LogP) is 2.41. The predicted molar refractivity (Wildman–Crippen MR) is 99.0 cm³/mol. The van der Waals surface area contributed by atoms with Gasteiger partial charge in [-0.15, -0.1) is 0 Å². The highest BCUT2D eigenvalue weighted by Gasteiger charge is 2.22. The zero-order valence-electron chi connectivity index (χ0n) is 15.2. The maximum absolute atomic E-state index is 6.04. The first-order valence-corrected chi connectivity index (χ1v) is 8.53. The fraction of sp³-hybridized carbons (Fsp3) is 0.611. The van der Waals surface area contributed by atoms with Crippen molar-refractivity contribution in [1.29, 1.82) is 0 Å². The zero-order chi connectivity index (χ0) is 17.5. The van der Waals surface area contributed by atoms with Crippen molar-refractivity contribution in [2.75, 3.05) is 45.7 Å². The third kappa shape index (κ3) is 5.30. The SMILES string of the molecule is COc1ccc(OC)c(NC(N)=NCC2CCN(CC(C)C)C2)c1. The van der Waals surface area contributed by atoms with Crippen molar-refractivity contribution in [3.8, 4) is 11.5 Å². The maximum atomic E-state index is 6.04. The minimum absolute atomic E-state index is 0.406. The van der Waals surface area contributed by atoms with Gasteiger partial charge in [-0.05, 0) is 36.9 Å². The fourth-order valence-electron chi connectivity index (χ4n) is 3.06. The van der Waals surface area contributed by atoms with Gasteiger partial charge in [0.2, 0.25) is 0 Å². The first kappa shape index (κ1) is 18.4. The summed E-state index contributed by atoms with van der Waals surface area (Å²) < 4.78 is 10.6. The molecule has 1 saturated heterocycles. The number of guanidine groups is 1. The van der Waals surface area contributed by atoms with Crippen molar-refractivity contribution in [3.63, 3.8) is 0 Å². The molecule has 0 aliphatic carbocycles. The Bertz CT molecular complexity index is 560. The van der Waals surface area contributed by atoms with Gasteiger partial charge in [0.05, 0.1) is 19.9 Å². The molecule has 0 aromatic heterocycles. The molecule has 1 aromatic carbocycles. The summed E-state index contributed by atoms with van der Waals surface area (Å²) in [6.45, 7) is 8.70. The Labute approximate surface area is 145 Å². The third-order valence-corrected chi connectivity index (χ3v) is 4.18. The molecule has 1 aromatic rings. The molecule has 6 nitrogen and oxygen atoms in total. The monoisotopic (exact) mass is 334 g/mol. The molecule has 0 saturated carbocycles. The minimum atomic E-state index is 0.406. The lowest BCUT2D eigenvalue weighted by atomic mass is 10.1. The Kier molecular flexibility index (Phi) is 6.73. The highest BCUT2D eigenvalue weighted by molar-refractivity contribution is 5.94. The molecule has 1 atom stereocenters. The number of benzene rings is 1. The van der Waals surface area contributed by atoms with Crippen LogP contribution in [0.4, 0.5) is 5.69 Å². The number of rotatable bonds is 7. The molecular formula is C18H30N4O2. The molecule has 2 rings (SSSR count). The Morgan fingerprint density at radius 1 is 1.38 bits per heavy atom. The lowest BCUT2D eigenvalue weighted by Crippen LogP contribution is -2.27. The van der Waals surface area contributed by atoms with E-state index in [1.54, 1.807) is 14.2 Å². The third-order valence-electron chi connectivity index (χ3n) is 4.18. The Hall–Kier alpha value is -1.95. The van der Waals surface area contributed by atoms with Crippen molar-refractivity contribution in [3.05, 3.63) is 18.2 Å². The molecule has 1 fully saturated rings. The molecule has 0 radical (unpaired) electrons. The van der Waals surface area contributed by atoms with E-state index in [4.69, 9.17) is 15.2 Å². The van der Waals surface area contributed by atoms with Crippen molar-refractivity contribution >= 4 is 11.6 Å². The number of nitrogens with two attached hydrogens (primary N) is 1. The largest absolute Gasteiger partial charge is 0.497 e. The lowest BCUT2D eigenvalue weighted by molar-refractivity contribution is 0.288. The molecule has 1 aliphatic heterocycles. The number of nitrogens with zero attached hydrogens (tertiary/aromatic N) is 2. The Morgan fingerprint density at radius 3 is 2.83 bits per heavy atom. The van der Waals surface area contributed by atoms with Crippen molar-refractivity contribution in [2.24, 2.45) is 22.6 Å². The molecule has 1 unspecified atom stereocenters. The van der Waals surface area contributed by atoms with Gasteiger partial charge in [0.25, 0.3) is 0 Å². The molecule has 0 spiro atoms. The highest BCUT2D eigenvalue weighted by Crippen LogP contribution is 2.28. The number of anilines is 1. The van der Waals surface area contributed by atoms with Crippen LogP contribution in [0, 0.1) is 11.8 Å². The molecular weight excluding hydrogens is 304 g/mol. The summed E-state index contributed by atoms with van der Waals surface area (Å²) in [5.41, 5.74) is 6.80. The summed E-state index contributed by atoms with van der Waals surface area (Å²) in [5.74, 6) is 3.14. The molecule has 0 amide bonds. The van der Waals surface area contributed by atoms with E-state index in [0.717, 1.165) is 37.6 Å². The number of nitrogens with one attached hydrogen (secondary N) is 1. The van der Waals surface area contributed by atoms with Gasteiger partial charge in [0, 0.05) is 25.7 Å². The summed E-state index contributed by atoms with van der Waals surface area (Å²) in [4.78, 5) is 7.02. The number of methoxy groups -OCH3 is 2. The average molecular weight is 334 g/mol. The van der Waals surface area contributed by atoms with Crippen LogP contribution < -0.4 is 20.5 Å². The van der Waals surface area contributed by atoms with Crippen LogP contribution in [0.3, 0.4) is 0 Å². The molecule has 6 heteroatoms. The molecule has 134 valence electrons. The van der Waals surface area contributed by atoms with E-state index in [2.05, 4.69) is 29.1 Å². The standard InChI is InChI=1S/C18H30N4O2/c1-13(2)11-22-8-7-14(12-22)10-20-18(19)21-16-9-15(23-3)5-6-17(16)24-4/h5-6,9,13-14H,7-8,10-12H2,1-4H3,(H3,19,20,21). The molecule has 1 heterocycles. The first-order valence-electron chi connectivity index (χ1n) is 8.53. The van der Waals surface area contributed by atoms with Gasteiger partial charge in [-0.2, -0.15) is 0 Å². The molecule has 3 N–H and O–H groups in total. The summed E-state index contributed by atoms with van der Waals surface area (Å²) in [5, 5.41) is 3.11. The molecule has 24 heavy (non-hydrogen) atoms. The fourth-order valence-corrected chi connectivity index (χ4v) is 3.06. The second-order valence-corrected chi connectivity index (χ2v) is 6.73. The topological polar surface area (TPSA) is 72.1 Å². The normalized spacial score (nSPS) is 18.9. The quantitative estimate of drug-likeness (QED) is 0.592. The summed E-state index contributed by atoms with van der Waals surface area (Å²) in [6.07, 6.45) is 1.19. The van der Waals surface area contributed by atoms with E-state index in [-0.39, 0.29) is 0 Å². The Morgan fingerprint density at radius 2 is 2.17 bits per heavy atom. The highest BCUT2D eigenvalue weighted by atomic mass is 16.5. The van der Waals surface area contributed by atoms with E-state index >= 15 is 0 Å². The number of likely N-dealkylation sites (tertiary alicyclic amines) is 1. The summed E-state index contributed by atoms with van der Waals surface area (Å²) in [7, 11) is 3.26. The maximum Gasteiger partial charge on any atom is 0.193 e. The van der Waals surface area contributed by atoms with Gasteiger partial charge >= 0.3 is 0 Å². The van der Waals surface area contributed by atoms with Gasteiger partial charge in [-0.3, -0.25) is 4.99 Å². The minimum Gasteiger partial charge on any atom is -0.497 e. The number of aliphatic imine (C=N–C) groups is 1. The molecule has 0 bridgehead atoms. The van der Waals surface area contributed by atoms with Crippen LogP contribution in [0.2, 0.25) is 0 Å². The van der Waals surface area contributed by atoms with Gasteiger partial charge in [0.15, 0.2) is 5.96 Å². The van der Waals surface area contributed by atoms with Crippen LogP contribution >= 0.6 is 0 Å². The van der Waals surface area contributed by atoms with Crippen LogP contribution in [0.5, 0.6) is 11.5 Å². The zero-order valence-corrected chi connectivity index (χ0v) is 15.2. The van der Waals surface area contributed by atoms with Gasteiger partial charge < -0.3 is 25.4 Å². The van der Waals surface area contributed by atoms with Gasteiger partial charge in [-0.25, -0.2) is 0 Å². The van der Waals surface area contributed by atoms with E-state index < -0.39 is 0 Å². The summed E-state index contributed by atoms with van der Waals surface area (Å²) in [6, 6.07) is 5.54. The molecule has 1 aliphatic rings. The van der Waals surface area contributed by atoms with Crippen LogP contribution in [0.1, 0.15) is 20.3 Å². The lowest BCUT2D eigenvalue weighted by Gasteiger charge is -2.17. The number of hydrogen-bond donors (Lipinski definition) is 2. The summed E-state index contributed by atoms with van der Waals surface area (Å²) >= 11 is 0. The average Bonchev–Trinajstić information content (AvgIpc) is 2.99. The van der Waals surface area contributed by atoms with E-state index in [0.29, 0.717) is 23.5 Å². The second-order valence-electron chi connectivity index (χ2n) is 6.73. The first-order chi connectivity index (χ1) is 11.5. The van der Waals surface area contributed by atoms with E-state index in [9.17, 15) is 0 Å². The van der Waals surface area contributed by atoms with Crippen LogP contribution in [0.25, 0.3) is 0 Å². The second kappa shape index (κ2) is 8.78. The van der Waals surface area contributed by atoms with Gasteiger partial charge in [-0.1, -0.05) is 13.8 Å². The number of hydrogen-bond acceptors (Lipinski definition) is 4. The van der Waals surface area contributed by atoms with Crippen LogP contribution in [-0.2, 0) is 0 Å². The van der Waals surface area contributed by atoms with Gasteiger partial charge in [0.1, 0.15) is 11.5 Å². The van der Waals surface area contributed by atoms with Crippen molar-refractivity contribution < 1.29 is 9.47 Å². The van der Waals surface area contributed by atoms with E-state index in [1.165, 1.54) is 6.42 Å². The van der Waals surface area contributed by atoms with Crippen LogP contribution in [0.15, 0.2) is 23.2 Å². The van der Waals surface area contributed by atoms with E-state index in [1.807, 2.05) is 18.2 Å². The number of ether oxygens (including phenoxy) is 2. The van der Waals surface area contributed by atoms with Crippen molar-refractivity contribution in [2.45, 2.75) is 20.3 Å². The van der Waals surface area contributed by atoms with Crippen molar-refractivity contribution in [1.82, 2.24) is 4.90 Å². The van der Waals surface area contributed by atoms with Crippen LogP contribution in [-0.4, -0.2) is 51.3 Å².